The minimum Gasteiger partial charge on any atom is -0.255 e. The number of aromatic nitrogens is 2. The lowest BCUT2D eigenvalue weighted by molar-refractivity contribution is 1.22. The molecule has 0 amide bonds. The van der Waals surface area contributed by atoms with Gasteiger partial charge in [-0.2, -0.15) is 0 Å². The Morgan fingerprint density at radius 2 is 2.00 bits per heavy atom. The highest BCUT2D eigenvalue weighted by Gasteiger charge is 2.05. The van der Waals surface area contributed by atoms with E-state index < -0.39 is 0 Å². The number of hydrogen-bond acceptors (Lipinski definition) is 2. The third-order valence-corrected chi connectivity index (χ3v) is 2.63. The van der Waals surface area contributed by atoms with Crippen LogP contribution in [0.4, 0.5) is 0 Å². The molecule has 0 spiro atoms. The van der Waals surface area contributed by atoms with Gasteiger partial charge in [-0.15, -0.1) is 0 Å². The van der Waals surface area contributed by atoms with Crippen LogP contribution in [0.25, 0.3) is 11.3 Å². The number of rotatable bonds is 1. The van der Waals surface area contributed by atoms with Crippen molar-refractivity contribution in [2.24, 2.45) is 0 Å². The van der Waals surface area contributed by atoms with Crippen LogP contribution in [-0.4, -0.2) is 9.97 Å². The maximum absolute atomic E-state index is 5.87. The van der Waals surface area contributed by atoms with E-state index in [-0.39, 0.29) is 0 Å². The predicted octanol–water partition coefficient (Wildman–Crippen LogP) is 3.21. The summed E-state index contributed by atoms with van der Waals surface area (Å²) in [6.45, 7) is 3.94. The molecule has 0 fully saturated rings. The number of halogens is 1. The molecular weight excluding hydrogens is 208 g/mol. The molecule has 3 heteroatoms. The van der Waals surface area contributed by atoms with Gasteiger partial charge in [0.15, 0.2) is 0 Å². The molecule has 0 saturated carbocycles. The van der Waals surface area contributed by atoms with Gasteiger partial charge >= 0.3 is 0 Å². The summed E-state index contributed by atoms with van der Waals surface area (Å²) in [5, 5.41) is 0.541. The van der Waals surface area contributed by atoms with Gasteiger partial charge in [-0.3, -0.25) is 4.98 Å². The maximum Gasteiger partial charge on any atom is 0.131 e. The topological polar surface area (TPSA) is 25.8 Å². The van der Waals surface area contributed by atoms with Gasteiger partial charge in [0.2, 0.25) is 0 Å². The van der Waals surface area contributed by atoms with Crippen LogP contribution in [0.1, 0.15) is 11.1 Å². The van der Waals surface area contributed by atoms with E-state index in [9.17, 15) is 0 Å². The molecule has 0 aliphatic rings. The molecule has 0 N–H and O–H groups in total. The standard InChI is InChI=1S/C12H10ClN2/c1-8-4-3-5-14-11(8)10-6-9(2)12(13)15-7-10/h4-7H,1-2H3. The van der Waals surface area contributed by atoms with Crippen LogP contribution >= 0.6 is 11.6 Å². The van der Waals surface area contributed by atoms with Crippen molar-refractivity contribution >= 4 is 11.6 Å². The van der Waals surface area contributed by atoms with E-state index in [1.165, 1.54) is 0 Å². The zero-order valence-electron chi connectivity index (χ0n) is 8.58. The molecule has 0 bridgehead atoms. The summed E-state index contributed by atoms with van der Waals surface area (Å²) < 4.78 is 0. The molecule has 75 valence electrons. The lowest BCUT2D eigenvalue weighted by Gasteiger charge is -2.05. The molecule has 2 aromatic heterocycles. The zero-order valence-corrected chi connectivity index (χ0v) is 9.34. The fraction of sp³-hybridized carbons (Fsp3) is 0.167. The second-order valence-corrected chi connectivity index (χ2v) is 3.79. The van der Waals surface area contributed by atoms with Gasteiger partial charge < -0.3 is 0 Å². The fourth-order valence-electron chi connectivity index (χ4n) is 1.42. The molecule has 0 aliphatic carbocycles. The number of pyridine rings is 2. The molecular formula is C12H10ClN2. The largest absolute Gasteiger partial charge is 0.255 e. The van der Waals surface area contributed by atoms with Crippen LogP contribution < -0.4 is 0 Å². The van der Waals surface area contributed by atoms with Gasteiger partial charge in [0.05, 0.1) is 5.69 Å². The molecule has 2 heterocycles. The van der Waals surface area contributed by atoms with Crippen molar-refractivity contribution in [2.75, 3.05) is 0 Å². The van der Waals surface area contributed by atoms with Crippen LogP contribution in [0.5, 0.6) is 0 Å². The van der Waals surface area contributed by atoms with Gasteiger partial charge in [0.1, 0.15) is 5.15 Å². The quantitative estimate of drug-likeness (QED) is 0.686. The molecule has 0 saturated heterocycles. The van der Waals surface area contributed by atoms with Gasteiger partial charge in [-0.05, 0) is 37.1 Å². The number of hydrogen-bond donors (Lipinski definition) is 0. The monoisotopic (exact) mass is 217 g/mol. The maximum atomic E-state index is 5.87. The van der Waals surface area contributed by atoms with E-state index in [0.29, 0.717) is 5.15 Å². The second kappa shape index (κ2) is 3.99. The second-order valence-electron chi connectivity index (χ2n) is 3.43. The van der Waals surface area contributed by atoms with Gasteiger partial charge in [-0.1, -0.05) is 11.6 Å². The van der Waals surface area contributed by atoms with Crippen molar-refractivity contribution in [1.29, 1.82) is 0 Å². The Labute approximate surface area is 94.0 Å². The van der Waals surface area contributed by atoms with Crippen molar-refractivity contribution in [2.45, 2.75) is 13.8 Å². The lowest BCUT2D eigenvalue weighted by Crippen LogP contribution is -1.90. The Morgan fingerprint density at radius 3 is 2.67 bits per heavy atom. The Bertz CT molecular complexity index is 495. The minimum absolute atomic E-state index is 0.541. The Balaban J connectivity index is 2.55. The van der Waals surface area contributed by atoms with E-state index in [4.69, 9.17) is 11.6 Å². The van der Waals surface area contributed by atoms with Crippen LogP contribution in [0, 0.1) is 19.9 Å². The predicted molar refractivity (Wildman–Crippen MR) is 60.8 cm³/mol. The fourth-order valence-corrected chi connectivity index (χ4v) is 1.53. The number of nitrogens with zero attached hydrogens (tertiary/aromatic N) is 2. The average molecular weight is 218 g/mol. The normalized spacial score (nSPS) is 10.3. The first-order valence-electron chi connectivity index (χ1n) is 4.63. The van der Waals surface area contributed by atoms with Crippen molar-refractivity contribution in [3.05, 3.63) is 46.9 Å². The lowest BCUT2D eigenvalue weighted by atomic mass is 10.1. The summed E-state index contributed by atoms with van der Waals surface area (Å²) in [6.07, 6.45) is 3.40. The summed E-state index contributed by atoms with van der Waals surface area (Å²) >= 11 is 5.87. The zero-order chi connectivity index (χ0) is 10.8. The Kier molecular flexibility index (Phi) is 2.69. The minimum atomic E-state index is 0.541. The van der Waals surface area contributed by atoms with E-state index in [2.05, 4.69) is 16.0 Å². The molecule has 2 aromatic rings. The van der Waals surface area contributed by atoms with Crippen LogP contribution in [0.15, 0.2) is 24.5 Å². The highest BCUT2D eigenvalue weighted by atomic mass is 35.5. The third-order valence-electron chi connectivity index (χ3n) is 2.23. The smallest absolute Gasteiger partial charge is 0.131 e. The van der Waals surface area contributed by atoms with E-state index >= 15 is 0 Å². The molecule has 0 aliphatic heterocycles. The first-order chi connectivity index (χ1) is 7.18. The van der Waals surface area contributed by atoms with Crippen molar-refractivity contribution in [3.63, 3.8) is 0 Å². The van der Waals surface area contributed by atoms with Gasteiger partial charge in [0, 0.05) is 24.0 Å². The first kappa shape index (κ1) is 10.1. The highest BCUT2D eigenvalue weighted by Crippen LogP contribution is 2.22. The summed E-state index contributed by atoms with van der Waals surface area (Å²) in [5.41, 5.74) is 3.97. The van der Waals surface area contributed by atoms with Crippen LogP contribution in [0.2, 0.25) is 5.15 Å². The summed E-state index contributed by atoms with van der Waals surface area (Å²) in [6, 6.07) is 6.84. The SMILES string of the molecule is Cc1cc(-c2nc[c]cc2C)cnc1Cl. The first-order valence-corrected chi connectivity index (χ1v) is 5.01. The average Bonchev–Trinajstić information content (AvgIpc) is 2.23. The third kappa shape index (κ3) is 2.00. The molecule has 0 atom stereocenters. The van der Waals surface area contributed by atoms with Crippen molar-refractivity contribution < 1.29 is 0 Å². The van der Waals surface area contributed by atoms with E-state index in [1.54, 1.807) is 12.4 Å². The molecule has 2 rings (SSSR count). The molecule has 0 aromatic carbocycles. The highest BCUT2D eigenvalue weighted by molar-refractivity contribution is 6.30. The summed E-state index contributed by atoms with van der Waals surface area (Å²) in [4.78, 5) is 8.39. The van der Waals surface area contributed by atoms with E-state index in [1.807, 2.05) is 26.0 Å². The van der Waals surface area contributed by atoms with Gasteiger partial charge in [-0.25, -0.2) is 4.98 Å². The van der Waals surface area contributed by atoms with Crippen LogP contribution in [-0.2, 0) is 0 Å². The van der Waals surface area contributed by atoms with E-state index in [0.717, 1.165) is 22.4 Å². The molecule has 2 nitrogen and oxygen atoms in total. The summed E-state index contributed by atoms with van der Waals surface area (Å²) in [7, 11) is 0. The van der Waals surface area contributed by atoms with Crippen molar-refractivity contribution in [1.82, 2.24) is 9.97 Å². The number of aryl methyl sites for hydroxylation is 2. The van der Waals surface area contributed by atoms with Gasteiger partial charge in [0.25, 0.3) is 0 Å². The summed E-state index contributed by atoms with van der Waals surface area (Å²) in [5.74, 6) is 0. The van der Waals surface area contributed by atoms with Crippen LogP contribution in [0.3, 0.4) is 0 Å². The Morgan fingerprint density at radius 1 is 1.20 bits per heavy atom. The van der Waals surface area contributed by atoms with Crippen molar-refractivity contribution in [3.8, 4) is 11.3 Å². The molecule has 15 heavy (non-hydrogen) atoms. The molecule has 1 radical (unpaired) electrons. The Hall–Kier alpha value is -1.41. The molecule has 0 unspecified atom stereocenters.